The summed E-state index contributed by atoms with van der Waals surface area (Å²) in [6.07, 6.45) is 4.38. The van der Waals surface area contributed by atoms with Gasteiger partial charge in [0.1, 0.15) is 11.5 Å². The number of carbonyl (C=O) groups excluding carboxylic acids is 1. The van der Waals surface area contributed by atoms with Crippen LogP contribution in [0.3, 0.4) is 0 Å². The molecule has 10 heteroatoms. The molecular weight excluding hydrogens is 384 g/mol. The molecular formula is C20H19FLiN5O3. The molecule has 1 saturated heterocycles. The number of carbonyl (C=O) groups is 1. The Morgan fingerprint density at radius 2 is 1.90 bits per heavy atom. The van der Waals surface area contributed by atoms with E-state index in [1.165, 1.54) is 12.1 Å². The molecule has 3 heterocycles. The van der Waals surface area contributed by atoms with E-state index < -0.39 is 11.8 Å². The summed E-state index contributed by atoms with van der Waals surface area (Å²) in [6, 6.07) is 6.11. The Labute approximate surface area is 184 Å². The minimum atomic E-state index is -1.26. The third-order valence-corrected chi connectivity index (χ3v) is 4.90. The molecule has 1 aliphatic rings. The van der Waals surface area contributed by atoms with Crippen molar-refractivity contribution in [1.29, 1.82) is 0 Å². The Morgan fingerprint density at radius 1 is 1.20 bits per heavy atom. The van der Waals surface area contributed by atoms with Gasteiger partial charge in [-0.1, -0.05) is 12.1 Å². The van der Waals surface area contributed by atoms with Gasteiger partial charge in [-0.3, -0.25) is 0 Å². The molecule has 8 nitrogen and oxygen atoms in total. The van der Waals surface area contributed by atoms with Crippen molar-refractivity contribution >= 4 is 17.6 Å². The summed E-state index contributed by atoms with van der Waals surface area (Å²) in [4.78, 5) is 23.6. The Kier molecular flexibility index (Phi) is 6.87. The van der Waals surface area contributed by atoms with E-state index >= 15 is 0 Å². The summed E-state index contributed by atoms with van der Waals surface area (Å²) in [5.74, 6) is -0.818. The molecule has 0 amide bonds. The Morgan fingerprint density at radius 3 is 2.57 bits per heavy atom. The van der Waals surface area contributed by atoms with Gasteiger partial charge in [0.15, 0.2) is 5.82 Å². The van der Waals surface area contributed by atoms with E-state index in [0.717, 1.165) is 24.9 Å². The third-order valence-electron chi connectivity index (χ3n) is 4.90. The number of imidazole rings is 1. The number of rotatable bonds is 5. The van der Waals surface area contributed by atoms with Crippen LogP contribution in [-0.2, 0) is 4.74 Å². The molecule has 0 aliphatic carbocycles. The third kappa shape index (κ3) is 4.54. The predicted octanol–water partition coefficient (Wildman–Crippen LogP) is -0.750. The van der Waals surface area contributed by atoms with Gasteiger partial charge in [0.2, 0.25) is 5.95 Å². The summed E-state index contributed by atoms with van der Waals surface area (Å²) >= 11 is 0. The number of anilines is 2. The first-order valence-electron chi connectivity index (χ1n) is 9.26. The quantitative estimate of drug-likeness (QED) is 0.559. The van der Waals surface area contributed by atoms with Crippen LogP contribution in [0.4, 0.5) is 16.0 Å². The van der Waals surface area contributed by atoms with E-state index in [9.17, 15) is 14.3 Å². The fraction of sp³-hybridized carbons (Fsp3) is 0.300. The smallest absolute Gasteiger partial charge is 0.545 e. The SMILES string of the molecule is Cc1ncc(-c2nc(Nc3ccc(C(=O)[O-])cc3)ncc2F)n1C1CCOCC1.[Li+]. The van der Waals surface area contributed by atoms with Crippen molar-refractivity contribution in [3.63, 3.8) is 0 Å². The number of nitrogens with one attached hydrogen (secondary N) is 1. The fourth-order valence-corrected chi connectivity index (χ4v) is 3.46. The molecule has 4 rings (SSSR count). The zero-order chi connectivity index (χ0) is 20.4. The second-order valence-corrected chi connectivity index (χ2v) is 6.78. The fourth-order valence-electron chi connectivity index (χ4n) is 3.46. The van der Waals surface area contributed by atoms with E-state index in [1.807, 2.05) is 11.5 Å². The molecule has 0 unspecified atom stereocenters. The number of hydrogen-bond donors (Lipinski definition) is 1. The van der Waals surface area contributed by atoms with Gasteiger partial charge in [0.05, 0.1) is 24.1 Å². The van der Waals surface area contributed by atoms with Crippen molar-refractivity contribution in [3.8, 4) is 11.4 Å². The van der Waals surface area contributed by atoms with E-state index in [2.05, 4.69) is 20.3 Å². The first-order chi connectivity index (χ1) is 14.0. The Balaban J connectivity index is 0.00000256. The number of hydrogen-bond acceptors (Lipinski definition) is 7. The number of ether oxygens (including phenoxy) is 1. The maximum atomic E-state index is 14.6. The van der Waals surface area contributed by atoms with Crippen molar-refractivity contribution in [2.24, 2.45) is 0 Å². The van der Waals surface area contributed by atoms with E-state index in [0.29, 0.717) is 24.6 Å². The van der Waals surface area contributed by atoms with Gasteiger partial charge in [-0.15, -0.1) is 0 Å². The van der Waals surface area contributed by atoms with Crippen LogP contribution in [0.15, 0.2) is 36.7 Å². The molecule has 1 N–H and O–H groups in total. The number of aromatic carboxylic acids is 1. The first kappa shape index (κ1) is 22.0. The number of carboxylic acids is 1. The van der Waals surface area contributed by atoms with Crippen LogP contribution in [0.5, 0.6) is 0 Å². The second kappa shape index (κ2) is 9.39. The number of aryl methyl sites for hydroxylation is 1. The number of carboxylic acid groups (broad SMARTS) is 1. The molecule has 1 fully saturated rings. The topological polar surface area (TPSA) is 105 Å². The van der Waals surface area contributed by atoms with Crippen LogP contribution in [-0.4, -0.2) is 38.7 Å². The maximum Gasteiger partial charge on any atom is 1.00 e. The molecule has 0 spiro atoms. The molecule has 1 aromatic carbocycles. The Hall–Kier alpha value is -2.73. The minimum absolute atomic E-state index is 0. The summed E-state index contributed by atoms with van der Waals surface area (Å²) in [5, 5.41) is 13.8. The number of nitrogens with zero attached hydrogens (tertiary/aromatic N) is 4. The predicted molar refractivity (Wildman–Crippen MR) is 101 cm³/mol. The largest absolute Gasteiger partial charge is 1.00 e. The molecule has 0 saturated carbocycles. The van der Waals surface area contributed by atoms with Crippen molar-refractivity contribution in [1.82, 2.24) is 19.5 Å². The standard InChI is InChI=1S/C20H20FN5O3.Li/c1-12-22-11-17(26(12)15-6-8-29-9-7-15)18-16(21)10-23-20(25-18)24-14-4-2-13(3-5-14)19(27)28;/h2-5,10-11,15H,6-9H2,1H3,(H,27,28)(H,23,24,25);/q;+1/p-1. The van der Waals surface area contributed by atoms with Crippen LogP contribution >= 0.6 is 0 Å². The maximum absolute atomic E-state index is 14.6. The van der Waals surface area contributed by atoms with Gasteiger partial charge >= 0.3 is 18.9 Å². The van der Waals surface area contributed by atoms with Crippen LogP contribution in [0, 0.1) is 12.7 Å². The van der Waals surface area contributed by atoms with Crippen LogP contribution in [0.2, 0.25) is 0 Å². The van der Waals surface area contributed by atoms with E-state index in [-0.39, 0.29) is 42.1 Å². The van der Waals surface area contributed by atoms with Crippen molar-refractivity contribution in [3.05, 3.63) is 53.9 Å². The van der Waals surface area contributed by atoms with Gasteiger partial charge in [0, 0.05) is 24.9 Å². The zero-order valence-corrected chi connectivity index (χ0v) is 16.8. The van der Waals surface area contributed by atoms with Crippen molar-refractivity contribution in [2.75, 3.05) is 18.5 Å². The van der Waals surface area contributed by atoms with Crippen LogP contribution in [0.1, 0.15) is 35.1 Å². The van der Waals surface area contributed by atoms with Gasteiger partial charge in [-0.2, -0.15) is 0 Å². The van der Waals surface area contributed by atoms with Crippen molar-refractivity contribution in [2.45, 2.75) is 25.8 Å². The first-order valence-corrected chi connectivity index (χ1v) is 9.26. The minimum Gasteiger partial charge on any atom is -0.545 e. The molecule has 0 bridgehead atoms. The van der Waals surface area contributed by atoms with Gasteiger partial charge in [-0.25, -0.2) is 19.3 Å². The molecule has 150 valence electrons. The average Bonchev–Trinajstić information content (AvgIpc) is 3.11. The van der Waals surface area contributed by atoms with Gasteiger partial charge < -0.3 is 24.5 Å². The zero-order valence-electron chi connectivity index (χ0n) is 16.8. The number of aromatic nitrogens is 4. The van der Waals surface area contributed by atoms with E-state index in [1.54, 1.807) is 18.3 Å². The average molecular weight is 403 g/mol. The molecule has 0 atom stereocenters. The molecule has 30 heavy (non-hydrogen) atoms. The molecule has 1 aliphatic heterocycles. The number of benzene rings is 1. The van der Waals surface area contributed by atoms with Crippen LogP contribution < -0.4 is 29.3 Å². The van der Waals surface area contributed by atoms with Crippen LogP contribution in [0.25, 0.3) is 11.4 Å². The monoisotopic (exact) mass is 403 g/mol. The van der Waals surface area contributed by atoms with Gasteiger partial charge in [0.25, 0.3) is 0 Å². The number of halogens is 1. The second-order valence-electron chi connectivity index (χ2n) is 6.78. The molecule has 2 aromatic heterocycles. The van der Waals surface area contributed by atoms with Gasteiger partial charge in [-0.05, 0) is 37.5 Å². The summed E-state index contributed by atoms with van der Waals surface area (Å²) < 4.78 is 22.0. The van der Waals surface area contributed by atoms with Crippen molar-refractivity contribution < 1.29 is 37.9 Å². The van der Waals surface area contributed by atoms with E-state index in [4.69, 9.17) is 4.74 Å². The summed E-state index contributed by atoms with van der Waals surface area (Å²) in [7, 11) is 0. The molecule has 3 aromatic rings. The normalized spacial score (nSPS) is 14.2. The summed E-state index contributed by atoms with van der Waals surface area (Å²) in [6.45, 7) is 3.20. The Bertz CT molecular complexity index is 1040. The molecule has 0 radical (unpaired) electrons. The summed E-state index contributed by atoms with van der Waals surface area (Å²) in [5.41, 5.74) is 1.37.